The molecular formula is C9H7F3INO. The lowest BCUT2D eigenvalue weighted by Crippen LogP contribution is -2.15. The standard InChI is InChI=1S/C9H7F3INO/c1-4-2-5(8(14)15)7(13)3-6(4)9(10,11)12/h2-3H,1H3,(H2,14,15). The van der Waals surface area contributed by atoms with Crippen molar-refractivity contribution in [3.05, 3.63) is 32.4 Å². The number of halogens is 4. The van der Waals surface area contributed by atoms with Crippen LogP contribution in [0.5, 0.6) is 0 Å². The molecule has 0 unspecified atom stereocenters. The van der Waals surface area contributed by atoms with Crippen molar-refractivity contribution in [2.45, 2.75) is 13.1 Å². The molecule has 1 aromatic rings. The highest BCUT2D eigenvalue weighted by molar-refractivity contribution is 14.1. The molecule has 82 valence electrons. The highest BCUT2D eigenvalue weighted by Gasteiger charge is 2.33. The summed E-state index contributed by atoms with van der Waals surface area (Å²) in [7, 11) is 0. The molecule has 0 spiro atoms. The van der Waals surface area contributed by atoms with E-state index in [1.807, 2.05) is 0 Å². The molecule has 0 heterocycles. The fourth-order valence-electron chi connectivity index (χ4n) is 1.18. The number of carbonyl (C=O) groups is 1. The van der Waals surface area contributed by atoms with E-state index in [9.17, 15) is 18.0 Å². The van der Waals surface area contributed by atoms with Crippen molar-refractivity contribution in [3.63, 3.8) is 0 Å². The van der Waals surface area contributed by atoms with E-state index in [0.717, 1.165) is 12.1 Å². The van der Waals surface area contributed by atoms with E-state index < -0.39 is 17.6 Å². The SMILES string of the molecule is Cc1cc(C(N)=O)c(I)cc1C(F)(F)F. The van der Waals surface area contributed by atoms with Crippen LogP contribution >= 0.6 is 22.6 Å². The summed E-state index contributed by atoms with van der Waals surface area (Å²) < 4.78 is 37.5. The molecule has 0 radical (unpaired) electrons. The van der Waals surface area contributed by atoms with Gasteiger partial charge in [-0.2, -0.15) is 13.2 Å². The third kappa shape index (κ3) is 2.61. The average molecular weight is 329 g/mol. The minimum Gasteiger partial charge on any atom is -0.366 e. The van der Waals surface area contributed by atoms with Gasteiger partial charge in [0.25, 0.3) is 0 Å². The Morgan fingerprint density at radius 1 is 1.40 bits per heavy atom. The summed E-state index contributed by atoms with van der Waals surface area (Å²) in [5, 5.41) is 0. The maximum atomic E-state index is 12.4. The van der Waals surface area contributed by atoms with Gasteiger partial charge in [-0.3, -0.25) is 4.79 Å². The van der Waals surface area contributed by atoms with E-state index in [2.05, 4.69) is 0 Å². The second-order valence-electron chi connectivity index (χ2n) is 3.01. The number of hydrogen-bond donors (Lipinski definition) is 1. The lowest BCUT2D eigenvalue weighted by molar-refractivity contribution is -0.138. The topological polar surface area (TPSA) is 43.1 Å². The van der Waals surface area contributed by atoms with Crippen LogP contribution in [0.2, 0.25) is 0 Å². The zero-order valence-corrected chi connectivity index (χ0v) is 9.81. The first kappa shape index (κ1) is 12.3. The zero-order chi connectivity index (χ0) is 11.8. The van der Waals surface area contributed by atoms with Crippen LogP contribution in [0.25, 0.3) is 0 Å². The number of hydrogen-bond acceptors (Lipinski definition) is 1. The minimum atomic E-state index is -4.40. The Bertz CT molecular complexity index is 415. The lowest BCUT2D eigenvalue weighted by Gasteiger charge is -2.12. The Hall–Kier alpha value is -0.790. The number of nitrogens with two attached hydrogens (primary N) is 1. The molecule has 0 atom stereocenters. The number of carbonyl (C=O) groups excluding carboxylic acids is 1. The van der Waals surface area contributed by atoms with Crippen LogP contribution in [0, 0.1) is 10.5 Å². The first-order valence-electron chi connectivity index (χ1n) is 3.90. The van der Waals surface area contributed by atoms with Crippen LogP contribution in [0.4, 0.5) is 13.2 Å². The van der Waals surface area contributed by atoms with Crippen LogP contribution in [-0.4, -0.2) is 5.91 Å². The third-order valence-electron chi connectivity index (χ3n) is 1.88. The van der Waals surface area contributed by atoms with E-state index in [0.29, 0.717) is 0 Å². The molecule has 2 nitrogen and oxygen atoms in total. The van der Waals surface area contributed by atoms with Gasteiger partial charge in [-0.05, 0) is 47.2 Å². The molecule has 0 saturated heterocycles. The second kappa shape index (κ2) is 3.99. The number of alkyl halides is 3. The van der Waals surface area contributed by atoms with E-state index in [1.54, 1.807) is 22.6 Å². The van der Waals surface area contributed by atoms with Gasteiger partial charge in [-0.1, -0.05) is 0 Å². The monoisotopic (exact) mass is 329 g/mol. The van der Waals surface area contributed by atoms with Crippen LogP contribution in [0.15, 0.2) is 12.1 Å². The van der Waals surface area contributed by atoms with Crippen molar-refractivity contribution < 1.29 is 18.0 Å². The van der Waals surface area contributed by atoms with Gasteiger partial charge in [0, 0.05) is 3.57 Å². The van der Waals surface area contributed by atoms with Crippen LogP contribution in [-0.2, 0) is 6.18 Å². The predicted molar refractivity (Wildman–Crippen MR) is 57.4 cm³/mol. The Labute approximate surface area is 97.8 Å². The minimum absolute atomic E-state index is 0.00304. The summed E-state index contributed by atoms with van der Waals surface area (Å²) in [4.78, 5) is 10.9. The van der Waals surface area contributed by atoms with E-state index in [1.165, 1.54) is 6.92 Å². The molecule has 0 fully saturated rings. The van der Waals surface area contributed by atoms with Crippen molar-refractivity contribution in [2.24, 2.45) is 5.73 Å². The molecule has 1 aromatic carbocycles. The number of amides is 1. The van der Waals surface area contributed by atoms with Crippen molar-refractivity contribution >= 4 is 28.5 Å². The Balaban J connectivity index is 3.39. The largest absolute Gasteiger partial charge is 0.416 e. The van der Waals surface area contributed by atoms with Gasteiger partial charge in [0.1, 0.15) is 0 Å². The van der Waals surface area contributed by atoms with Gasteiger partial charge < -0.3 is 5.73 Å². The summed E-state index contributed by atoms with van der Waals surface area (Å²) in [6.45, 7) is 1.30. The second-order valence-corrected chi connectivity index (χ2v) is 4.17. The highest BCUT2D eigenvalue weighted by atomic mass is 127. The maximum Gasteiger partial charge on any atom is 0.416 e. The fourth-order valence-corrected chi connectivity index (χ4v) is 1.91. The van der Waals surface area contributed by atoms with Gasteiger partial charge in [-0.25, -0.2) is 0 Å². The van der Waals surface area contributed by atoms with Gasteiger partial charge in [0.05, 0.1) is 11.1 Å². The Morgan fingerprint density at radius 3 is 2.33 bits per heavy atom. The highest BCUT2D eigenvalue weighted by Crippen LogP contribution is 2.33. The third-order valence-corrected chi connectivity index (χ3v) is 2.78. The Kier molecular flexibility index (Phi) is 3.27. The molecule has 2 N–H and O–H groups in total. The molecule has 6 heteroatoms. The van der Waals surface area contributed by atoms with Gasteiger partial charge >= 0.3 is 6.18 Å². The molecule has 0 aliphatic carbocycles. The molecule has 15 heavy (non-hydrogen) atoms. The number of aryl methyl sites for hydroxylation is 1. The van der Waals surface area contributed by atoms with Crippen molar-refractivity contribution in [2.75, 3.05) is 0 Å². The molecule has 1 amide bonds. The van der Waals surface area contributed by atoms with E-state index in [-0.39, 0.29) is 14.7 Å². The average Bonchev–Trinajstić information content (AvgIpc) is 2.06. The van der Waals surface area contributed by atoms with E-state index in [4.69, 9.17) is 5.73 Å². The van der Waals surface area contributed by atoms with Crippen molar-refractivity contribution in [1.82, 2.24) is 0 Å². The molecule has 0 aliphatic rings. The lowest BCUT2D eigenvalue weighted by atomic mass is 10.0. The van der Waals surface area contributed by atoms with Crippen LogP contribution < -0.4 is 5.73 Å². The van der Waals surface area contributed by atoms with Gasteiger partial charge in [0.15, 0.2) is 0 Å². The normalized spacial score (nSPS) is 11.5. The first-order valence-corrected chi connectivity index (χ1v) is 4.98. The smallest absolute Gasteiger partial charge is 0.366 e. The summed E-state index contributed by atoms with van der Waals surface area (Å²) in [6.07, 6.45) is -4.40. The predicted octanol–water partition coefficient (Wildman–Crippen LogP) is 2.72. The van der Waals surface area contributed by atoms with Crippen molar-refractivity contribution in [1.29, 1.82) is 0 Å². The molecular weight excluding hydrogens is 322 g/mol. The zero-order valence-electron chi connectivity index (χ0n) is 7.65. The van der Waals surface area contributed by atoms with Crippen molar-refractivity contribution in [3.8, 4) is 0 Å². The first-order chi connectivity index (χ1) is 6.73. The summed E-state index contributed by atoms with van der Waals surface area (Å²) in [5.74, 6) is -0.726. The molecule has 0 bridgehead atoms. The number of rotatable bonds is 1. The molecule has 1 rings (SSSR count). The number of benzene rings is 1. The molecule has 0 saturated carbocycles. The molecule has 0 aromatic heterocycles. The molecule has 0 aliphatic heterocycles. The van der Waals surface area contributed by atoms with E-state index >= 15 is 0 Å². The number of primary amides is 1. The summed E-state index contributed by atoms with van der Waals surface area (Å²) in [5.41, 5.74) is 4.39. The maximum absolute atomic E-state index is 12.4. The van der Waals surface area contributed by atoms with Crippen LogP contribution in [0.3, 0.4) is 0 Å². The summed E-state index contributed by atoms with van der Waals surface area (Å²) in [6, 6.07) is 2.09. The van der Waals surface area contributed by atoms with Crippen LogP contribution in [0.1, 0.15) is 21.5 Å². The quantitative estimate of drug-likeness (QED) is 0.791. The summed E-state index contributed by atoms with van der Waals surface area (Å²) >= 11 is 1.66. The van der Waals surface area contributed by atoms with Gasteiger partial charge in [0.2, 0.25) is 5.91 Å². The fraction of sp³-hybridized carbons (Fsp3) is 0.222. The van der Waals surface area contributed by atoms with Gasteiger partial charge in [-0.15, -0.1) is 0 Å². The Morgan fingerprint density at radius 2 is 1.93 bits per heavy atom.